The molecule has 25 heavy (non-hydrogen) atoms. The fourth-order valence-electron chi connectivity index (χ4n) is 1.19. The number of aromatic nitrogens is 4. The molecule has 0 aliphatic rings. The second-order valence-corrected chi connectivity index (χ2v) is 3.94. The topological polar surface area (TPSA) is 113 Å². The lowest BCUT2D eigenvalue weighted by atomic mass is 10.4. The molecule has 0 radical (unpaired) electrons. The molecule has 0 saturated carbocycles. The molecular formula is C12H5F6N5O2. The summed E-state index contributed by atoms with van der Waals surface area (Å²) in [5.74, 6) is -2.94. The van der Waals surface area contributed by atoms with E-state index in [1.165, 1.54) is 6.07 Å². The van der Waals surface area contributed by atoms with Crippen molar-refractivity contribution < 1.29 is 36.2 Å². The number of carbonyl (C=O) groups is 1. The Morgan fingerprint density at radius 3 is 1.88 bits per heavy atom. The highest BCUT2D eigenvalue weighted by Crippen LogP contribution is 2.27. The van der Waals surface area contributed by atoms with Gasteiger partial charge in [-0.3, -0.25) is 0 Å². The average molecular weight is 365 g/mol. The van der Waals surface area contributed by atoms with Crippen LogP contribution in [0.3, 0.4) is 0 Å². The normalized spacial score (nSPS) is 11.1. The third-order valence-electron chi connectivity index (χ3n) is 2.18. The molecule has 0 amide bonds. The highest BCUT2D eigenvalue weighted by molar-refractivity contribution is 5.82. The van der Waals surface area contributed by atoms with Crippen LogP contribution in [-0.2, 0) is 12.4 Å². The monoisotopic (exact) mass is 365 g/mol. The molecule has 132 valence electrons. The SMILES string of the molecule is N#Cc1nccc(C(F)(F)F)n1.O=C(O)c1nccc(C(F)(F)F)n1. The Labute approximate surface area is 134 Å². The van der Waals surface area contributed by atoms with Gasteiger partial charge in [0.15, 0.2) is 0 Å². The van der Waals surface area contributed by atoms with Crippen LogP contribution >= 0.6 is 0 Å². The van der Waals surface area contributed by atoms with Gasteiger partial charge in [-0.2, -0.15) is 31.6 Å². The van der Waals surface area contributed by atoms with Crippen LogP contribution in [-0.4, -0.2) is 31.0 Å². The summed E-state index contributed by atoms with van der Waals surface area (Å²) in [6.45, 7) is 0. The van der Waals surface area contributed by atoms with Gasteiger partial charge in [0.2, 0.25) is 11.6 Å². The van der Waals surface area contributed by atoms with Crippen molar-refractivity contribution in [1.82, 2.24) is 19.9 Å². The molecule has 0 atom stereocenters. The van der Waals surface area contributed by atoms with Gasteiger partial charge in [0, 0.05) is 12.4 Å². The van der Waals surface area contributed by atoms with Gasteiger partial charge in [-0.05, 0) is 12.1 Å². The van der Waals surface area contributed by atoms with Crippen molar-refractivity contribution in [3.05, 3.63) is 47.6 Å². The van der Waals surface area contributed by atoms with Crippen molar-refractivity contribution in [3.63, 3.8) is 0 Å². The standard InChI is InChI=1S/C6H2F3N3.C6H3F3N2O2/c7-6(8,9)4-1-2-11-5(3-10)12-4;7-6(8,9)3-1-2-10-4(11-3)5(12)13/h1-2H;1-2H,(H,12,13). The van der Waals surface area contributed by atoms with Crippen LogP contribution < -0.4 is 0 Å². The summed E-state index contributed by atoms with van der Waals surface area (Å²) < 4.78 is 71.6. The van der Waals surface area contributed by atoms with E-state index in [0.29, 0.717) is 12.1 Å². The molecule has 1 N–H and O–H groups in total. The summed E-state index contributed by atoms with van der Waals surface area (Å²) in [5.41, 5.74) is -2.37. The maximum Gasteiger partial charge on any atom is 0.433 e. The maximum absolute atomic E-state index is 11.9. The summed E-state index contributed by atoms with van der Waals surface area (Å²) in [4.78, 5) is 22.4. The Morgan fingerprint density at radius 2 is 1.44 bits per heavy atom. The van der Waals surface area contributed by atoms with Gasteiger partial charge >= 0.3 is 18.3 Å². The van der Waals surface area contributed by atoms with Gasteiger partial charge in [0.25, 0.3) is 0 Å². The molecule has 0 aromatic carbocycles. The van der Waals surface area contributed by atoms with Gasteiger partial charge in [-0.1, -0.05) is 0 Å². The van der Waals surface area contributed by atoms with Gasteiger partial charge in [0.05, 0.1) is 0 Å². The van der Waals surface area contributed by atoms with Crippen LogP contribution in [0.5, 0.6) is 0 Å². The molecule has 0 spiro atoms. The minimum Gasteiger partial charge on any atom is -0.475 e. The number of aromatic carboxylic acids is 1. The number of carboxylic acids is 1. The minimum atomic E-state index is -4.65. The van der Waals surface area contributed by atoms with E-state index in [1.54, 1.807) is 0 Å². The van der Waals surface area contributed by atoms with Gasteiger partial charge in [0.1, 0.15) is 17.5 Å². The van der Waals surface area contributed by atoms with Crippen molar-refractivity contribution in [1.29, 1.82) is 5.26 Å². The van der Waals surface area contributed by atoms with Crippen molar-refractivity contribution >= 4 is 5.97 Å². The Hall–Kier alpha value is -3.30. The molecule has 13 heteroatoms. The Morgan fingerprint density at radius 1 is 0.960 bits per heavy atom. The first-order valence-corrected chi connectivity index (χ1v) is 5.89. The molecule has 0 unspecified atom stereocenters. The average Bonchev–Trinajstić information content (AvgIpc) is 2.54. The van der Waals surface area contributed by atoms with Crippen LogP contribution in [0.25, 0.3) is 0 Å². The second-order valence-electron chi connectivity index (χ2n) is 3.94. The van der Waals surface area contributed by atoms with E-state index >= 15 is 0 Å². The summed E-state index contributed by atoms with van der Waals surface area (Å²) in [7, 11) is 0. The van der Waals surface area contributed by atoms with Gasteiger partial charge < -0.3 is 5.11 Å². The molecule has 0 saturated heterocycles. The minimum absolute atomic E-state index is 0.482. The van der Waals surface area contributed by atoms with Crippen molar-refractivity contribution in [2.75, 3.05) is 0 Å². The van der Waals surface area contributed by atoms with Gasteiger partial charge in [-0.15, -0.1) is 0 Å². The molecule has 0 bridgehead atoms. The number of rotatable bonds is 1. The fraction of sp³-hybridized carbons (Fsp3) is 0.167. The van der Waals surface area contributed by atoms with Crippen LogP contribution in [0, 0.1) is 11.3 Å². The number of halogens is 6. The quantitative estimate of drug-likeness (QED) is 0.773. The van der Waals surface area contributed by atoms with E-state index < -0.39 is 41.4 Å². The summed E-state index contributed by atoms with van der Waals surface area (Å²) in [5, 5.41) is 16.5. The second kappa shape index (κ2) is 7.51. The Balaban J connectivity index is 0.000000251. The van der Waals surface area contributed by atoms with E-state index in [-0.39, 0.29) is 0 Å². The number of nitrogens with zero attached hydrogens (tertiary/aromatic N) is 5. The molecule has 2 heterocycles. The van der Waals surface area contributed by atoms with Crippen molar-refractivity contribution in [2.45, 2.75) is 12.4 Å². The van der Waals surface area contributed by atoms with E-state index in [0.717, 1.165) is 12.4 Å². The third kappa shape index (κ3) is 6.01. The zero-order valence-electron chi connectivity index (χ0n) is 11.7. The van der Waals surface area contributed by atoms with Crippen LogP contribution in [0.15, 0.2) is 24.5 Å². The number of carboxylic acid groups (broad SMARTS) is 1. The van der Waals surface area contributed by atoms with E-state index in [9.17, 15) is 31.1 Å². The van der Waals surface area contributed by atoms with Gasteiger partial charge in [-0.25, -0.2) is 24.7 Å². The highest BCUT2D eigenvalue weighted by Gasteiger charge is 2.33. The maximum atomic E-state index is 11.9. The van der Waals surface area contributed by atoms with Crippen molar-refractivity contribution in [2.24, 2.45) is 0 Å². The predicted molar refractivity (Wildman–Crippen MR) is 65.7 cm³/mol. The van der Waals surface area contributed by atoms with Crippen LogP contribution in [0.4, 0.5) is 26.3 Å². The molecule has 2 rings (SSSR count). The van der Waals surface area contributed by atoms with Crippen LogP contribution in [0.1, 0.15) is 27.8 Å². The first kappa shape index (κ1) is 19.7. The lowest BCUT2D eigenvalue weighted by Crippen LogP contribution is -2.12. The Bertz CT molecular complexity index is 800. The molecule has 7 nitrogen and oxygen atoms in total. The largest absolute Gasteiger partial charge is 0.475 e. The first-order chi connectivity index (χ1) is 11.4. The van der Waals surface area contributed by atoms with E-state index in [1.807, 2.05) is 0 Å². The molecule has 0 fully saturated rings. The fourth-order valence-corrected chi connectivity index (χ4v) is 1.19. The number of nitriles is 1. The molecule has 0 aliphatic carbocycles. The van der Waals surface area contributed by atoms with E-state index in [2.05, 4.69) is 19.9 Å². The lowest BCUT2D eigenvalue weighted by Gasteiger charge is -2.04. The first-order valence-electron chi connectivity index (χ1n) is 5.89. The number of hydrogen-bond donors (Lipinski definition) is 1. The summed E-state index contributed by atoms with van der Waals surface area (Å²) in [6, 6.07) is 2.73. The zero-order chi connectivity index (χ0) is 19.3. The molecule has 2 aromatic heterocycles. The highest BCUT2D eigenvalue weighted by atomic mass is 19.4. The van der Waals surface area contributed by atoms with Crippen LogP contribution in [0.2, 0.25) is 0 Å². The predicted octanol–water partition coefficient (Wildman–Crippen LogP) is 2.56. The van der Waals surface area contributed by atoms with E-state index in [4.69, 9.17) is 10.4 Å². The molecule has 2 aromatic rings. The number of alkyl halides is 6. The lowest BCUT2D eigenvalue weighted by molar-refractivity contribution is -0.142. The summed E-state index contributed by atoms with van der Waals surface area (Å²) in [6.07, 6.45) is -7.52. The number of hydrogen-bond acceptors (Lipinski definition) is 6. The molecule has 0 aliphatic heterocycles. The van der Waals surface area contributed by atoms with Crippen molar-refractivity contribution in [3.8, 4) is 6.07 Å². The molecular weight excluding hydrogens is 360 g/mol. The Kier molecular flexibility index (Phi) is 5.93. The zero-order valence-corrected chi connectivity index (χ0v) is 11.7. The smallest absolute Gasteiger partial charge is 0.433 e. The summed E-state index contributed by atoms with van der Waals surface area (Å²) >= 11 is 0. The third-order valence-corrected chi connectivity index (χ3v) is 2.18.